The quantitative estimate of drug-likeness (QED) is 0.395. The van der Waals surface area contributed by atoms with Crippen molar-refractivity contribution in [3.05, 3.63) is 88.4 Å². The lowest BCUT2D eigenvalue weighted by Crippen LogP contribution is -2.30. The summed E-state index contributed by atoms with van der Waals surface area (Å²) in [6, 6.07) is 22.2. The summed E-state index contributed by atoms with van der Waals surface area (Å²) < 4.78 is 5.81. The summed E-state index contributed by atoms with van der Waals surface area (Å²) in [5, 5.41) is 0.934. The van der Waals surface area contributed by atoms with E-state index in [4.69, 9.17) is 27.9 Å². The minimum absolute atomic E-state index is 0.0964. The highest BCUT2D eigenvalue weighted by atomic mass is 35.5. The number of carbonyl (C=O) groups is 2. The van der Waals surface area contributed by atoms with Gasteiger partial charge in [-0.05, 0) is 73.2 Å². The van der Waals surface area contributed by atoms with Crippen molar-refractivity contribution < 1.29 is 14.3 Å². The van der Waals surface area contributed by atoms with Crippen molar-refractivity contribution in [2.24, 2.45) is 11.8 Å². The lowest BCUT2D eigenvalue weighted by Gasteiger charge is -2.28. The Morgan fingerprint density at radius 3 is 2.25 bits per heavy atom. The molecule has 0 aromatic heterocycles. The van der Waals surface area contributed by atoms with Gasteiger partial charge in [-0.25, -0.2) is 0 Å². The summed E-state index contributed by atoms with van der Waals surface area (Å²) in [5.74, 6) is 0.662. The molecule has 2 aliphatic rings. The number of amides is 2. The smallest absolute Gasteiger partial charge is 0.237 e. The number of ether oxygens (including phenoxy) is 1. The number of halogens is 2. The predicted octanol–water partition coefficient (Wildman–Crippen LogP) is 6.86. The maximum Gasteiger partial charge on any atom is 0.237 e. The molecule has 4 nitrogen and oxygen atoms in total. The van der Waals surface area contributed by atoms with Crippen LogP contribution in [0.15, 0.2) is 72.8 Å². The van der Waals surface area contributed by atoms with Gasteiger partial charge in [-0.15, -0.1) is 0 Å². The van der Waals surface area contributed by atoms with Gasteiger partial charge in [0.05, 0.1) is 22.5 Å². The van der Waals surface area contributed by atoms with Crippen LogP contribution in [-0.2, 0) is 9.59 Å². The lowest BCUT2D eigenvalue weighted by molar-refractivity contribution is -0.122. The minimum atomic E-state index is -0.259. The summed E-state index contributed by atoms with van der Waals surface area (Å²) in [6.07, 6.45) is 2.38. The van der Waals surface area contributed by atoms with Crippen LogP contribution >= 0.6 is 23.2 Å². The lowest BCUT2D eigenvalue weighted by atomic mass is 9.73. The first kappa shape index (κ1) is 21.0. The average Bonchev–Trinajstić information content (AvgIpc) is 3.06. The van der Waals surface area contributed by atoms with Crippen LogP contribution in [0.25, 0.3) is 0 Å². The van der Waals surface area contributed by atoms with E-state index in [-0.39, 0.29) is 23.7 Å². The Bertz CT molecular complexity index is 1160. The third-order valence-electron chi connectivity index (χ3n) is 6.41. The fraction of sp³-hybridized carbons (Fsp3) is 0.231. The Balaban J connectivity index is 1.33. The Morgan fingerprint density at radius 1 is 0.812 bits per heavy atom. The number of rotatable bonds is 4. The molecular weight excluding hydrogens is 445 g/mol. The standard InChI is InChI=1S/C26H21Cl2NO3/c27-18-7-13-24(23(28)15-18)32-20-10-8-19(9-11-20)29-25(30)21-12-6-17(14-22(21)26(29)31)16-4-2-1-3-5-16/h1-5,7-11,13,15,17,21-22H,6,12,14H2/t17-,21-,22-/m1/s1. The molecule has 0 bridgehead atoms. The summed E-state index contributed by atoms with van der Waals surface area (Å²) in [5.41, 5.74) is 1.81. The third-order valence-corrected chi connectivity index (χ3v) is 6.94. The summed E-state index contributed by atoms with van der Waals surface area (Å²) in [7, 11) is 0. The molecule has 162 valence electrons. The predicted molar refractivity (Wildman–Crippen MR) is 125 cm³/mol. The van der Waals surface area contributed by atoms with Crippen LogP contribution in [0.3, 0.4) is 0 Å². The molecule has 6 heteroatoms. The van der Waals surface area contributed by atoms with Crippen molar-refractivity contribution in [1.82, 2.24) is 0 Å². The van der Waals surface area contributed by atoms with Crippen LogP contribution in [0.2, 0.25) is 10.0 Å². The first-order valence-corrected chi connectivity index (χ1v) is 11.4. The van der Waals surface area contributed by atoms with Crippen molar-refractivity contribution in [2.75, 3.05) is 4.90 Å². The second kappa shape index (κ2) is 8.61. The van der Waals surface area contributed by atoms with Crippen molar-refractivity contribution in [3.8, 4) is 11.5 Å². The molecule has 0 radical (unpaired) electrons. The normalized spacial score (nSPS) is 22.7. The van der Waals surface area contributed by atoms with E-state index in [2.05, 4.69) is 12.1 Å². The van der Waals surface area contributed by atoms with E-state index < -0.39 is 0 Å². The fourth-order valence-corrected chi connectivity index (χ4v) is 5.26. The van der Waals surface area contributed by atoms with E-state index in [1.165, 1.54) is 10.5 Å². The van der Waals surface area contributed by atoms with E-state index >= 15 is 0 Å². The zero-order chi connectivity index (χ0) is 22.2. The molecule has 1 saturated carbocycles. The van der Waals surface area contributed by atoms with Crippen LogP contribution < -0.4 is 9.64 Å². The number of hydrogen-bond donors (Lipinski definition) is 0. The Morgan fingerprint density at radius 2 is 1.53 bits per heavy atom. The maximum atomic E-state index is 13.2. The number of carbonyl (C=O) groups excluding carboxylic acids is 2. The van der Waals surface area contributed by atoms with Crippen molar-refractivity contribution in [2.45, 2.75) is 25.2 Å². The summed E-state index contributed by atoms with van der Waals surface area (Å²) in [6.45, 7) is 0. The number of imide groups is 1. The molecule has 3 atom stereocenters. The van der Waals surface area contributed by atoms with Gasteiger partial charge in [0, 0.05) is 5.02 Å². The molecule has 5 rings (SSSR count). The molecule has 0 N–H and O–H groups in total. The number of nitrogens with zero attached hydrogens (tertiary/aromatic N) is 1. The van der Waals surface area contributed by atoms with Gasteiger partial charge in [0.15, 0.2) is 0 Å². The molecule has 32 heavy (non-hydrogen) atoms. The van der Waals surface area contributed by atoms with Crippen LogP contribution in [0, 0.1) is 11.8 Å². The second-order valence-corrected chi connectivity index (χ2v) is 9.16. The minimum Gasteiger partial charge on any atom is -0.456 e. The van der Waals surface area contributed by atoms with Gasteiger partial charge in [-0.3, -0.25) is 14.5 Å². The van der Waals surface area contributed by atoms with Crippen molar-refractivity contribution in [3.63, 3.8) is 0 Å². The van der Waals surface area contributed by atoms with Crippen LogP contribution in [0.1, 0.15) is 30.7 Å². The van der Waals surface area contributed by atoms with Gasteiger partial charge in [0.2, 0.25) is 11.8 Å². The monoisotopic (exact) mass is 465 g/mol. The van der Waals surface area contributed by atoms with Crippen molar-refractivity contribution in [1.29, 1.82) is 0 Å². The molecule has 3 aromatic carbocycles. The molecule has 1 heterocycles. The number of hydrogen-bond acceptors (Lipinski definition) is 3. The van der Waals surface area contributed by atoms with Crippen LogP contribution in [-0.4, -0.2) is 11.8 Å². The highest BCUT2D eigenvalue weighted by molar-refractivity contribution is 6.35. The van der Waals surface area contributed by atoms with E-state index in [9.17, 15) is 9.59 Å². The SMILES string of the molecule is O=C1[C@@H]2CC[C@@H](c3ccccc3)C[C@H]2C(=O)N1c1ccc(Oc2ccc(Cl)cc2Cl)cc1. The van der Waals surface area contributed by atoms with Gasteiger partial charge < -0.3 is 4.74 Å². The van der Waals surface area contributed by atoms with Crippen LogP contribution in [0.5, 0.6) is 11.5 Å². The third kappa shape index (κ3) is 3.89. The zero-order valence-electron chi connectivity index (χ0n) is 17.2. The van der Waals surface area contributed by atoms with Crippen molar-refractivity contribution >= 4 is 40.7 Å². The topological polar surface area (TPSA) is 46.6 Å². The first-order valence-electron chi connectivity index (χ1n) is 10.7. The van der Waals surface area contributed by atoms with Gasteiger partial charge in [0.25, 0.3) is 0 Å². The molecule has 2 amide bonds. The Kier molecular flexibility index (Phi) is 5.66. The van der Waals surface area contributed by atoms with E-state index in [1.54, 1.807) is 42.5 Å². The molecule has 1 aliphatic carbocycles. The van der Waals surface area contributed by atoms with Gasteiger partial charge in [-0.1, -0.05) is 53.5 Å². The molecule has 1 aliphatic heterocycles. The second-order valence-electron chi connectivity index (χ2n) is 8.32. The molecule has 1 saturated heterocycles. The summed E-state index contributed by atoms with van der Waals surface area (Å²) in [4.78, 5) is 27.7. The highest BCUT2D eigenvalue weighted by Gasteiger charge is 2.50. The molecular formula is C26H21Cl2NO3. The molecule has 2 fully saturated rings. The highest BCUT2D eigenvalue weighted by Crippen LogP contribution is 2.45. The first-order chi connectivity index (χ1) is 15.5. The number of fused-ring (bicyclic) bond motifs is 1. The molecule has 0 spiro atoms. The van der Waals surface area contributed by atoms with E-state index in [1.807, 2.05) is 18.2 Å². The molecule has 3 aromatic rings. The number of anilines is 1. The van der Waals surface area contributed by atoms with Gasteiger partial charge in [-0.2, -0.15) is 0 Å². The van der Waals surface area contributed by atoms with E-state index in [0.717, 1.165) is 12.8 Å². The van der Waals surface area contributed by atoms with E-state index in [0.29, 0.717) is 39.6 Å². The Hall–Kier alpha value is -2.82. The number of benzene rings is 3. The average molecular weight is 466 g/mol. The summed E-state index contributed by atoms with van der Waals surface area (Å²) >= 11 is 12.1. The maximum absolute atomic E-state index is 13.2. The fourth-order valence-electron chi connectivity index (χ4n) is 4.81. The van der Waals surface area contributed by atoms with Gasteiger partial charge >= 0.3 is 0 Å². The van der Waals surface area contributed by atoms with Gasteiger partial charge in [0.1, 0.15) is 11.5 Å². The Labute approximate surface area is 196 Å². The largest absolute Gasteiger partial charge is 0.456 e. The zero-order valence-corrected chi connectivity index (χ0v) is 18.7. The molecule has 0 unspecified atom stereocenters. The van der Waals surface area contributed by atoms with Crippen LogP contribution in [0.4, 0.5) is 5.69 Å².